The highest BCUT2D eigenvalue weighted by molar-refractivity contribution is 7.80. The van der Waals surface area contributed by atoms with Gasteiger partial charge in [0.1, 0.15) is 4.99 Å². The number of anilines is 1. The van der Waals surface area contributed by atoms with Gasteiger partial charge < -0.3 is 11.1 Å². The smallest absolute Gasteiger partial charge is 0.211 e. The first-order chi connectivity index (χ1) is 6.15. The topological polar surface area (TPSA) is 55.1 Å². The van der Waals surface area contributed by atoms with Gasteiger partial charge in [0.05, 0.1) is 5.69 Å². The molecular formula is C8H7ClN2OS. The van der Waals surface area contributed by atoms with Crippen LogP contribution in [0.2, 0.25) is 5.02 Å². The molecule has 0 saturated heterocycles. The van der Waals surface area contributed by atoms with Crippen LogP contribution in [0.1, 0.15) is 5.56 Å². The summed E-state index contributed by atoms with van der Waals surface area (Å²) in [6.45, 7) is 0. The van der Waals surface area contributed by atoms with Crippen LogP contribution < -0.4 is 11.1 Å². The van der Waals surface area contributed by atoms with E-state index in [0.717, 1.165) is 0 Å². The Morgan fingerprint density at radius 3 is 2.85 bits per heavy atom. The fourth-order valence-electron chi connectivity index (χ4n) is 0.914. The van der Waals surface area contributed by atoms with E-state index in [1.54, 1.807) is 18.2 Å². The lowest BCUT2D eigenvalue weighted by Gasteiger charge is -2.06. The molecule has 0 aliphatic heterocycles. The maximum Gasteiger partial charge on any atom is 0.211 e. The quantitative estimate of drug-likeness (QED) is 0.593. The minimum absolute atomic E-state index is 0.223. The zero-order chi connectivity index (χ0) is 9.84. The fraction of sp³-hybridized carbons (Fsp3) is 0. The molecule has 0 atom stereocenters. The van der Waals surface area contributed by atoms with Crippen molar-refractivity contribution >= 4 is 40.9 Å². The molecule has 1 amide bonds. The van der Waals surface area contributed by atoms with Crippen LogP contribution in [-0.4, -0.2) is 11.4 Å². The second-order valence-corrected chi connectivity index (χ2v) is 3.19. The molecule has 3 N–H and O–H groups in total. The summed E-state index contributed by atoms with van der Waals surface area (Å²) in [6, 6.07) is 4.91. The van der Waals surface area contributed by atoms with Gasteiger partial charge in [-0.25, -0.2) is 0 Å². The van der Waals surface area contributed by atoms with Crippen LogP contribution >= 0.6 is 23.8 Å². The van der Waals surface area contributed by atoms with Gasteiger partial charge in [-0.2, -0.15) is 0 Å². The predicted octanol–water partition coefficient (Wildman–Crippen LogP) is 1.54. The standard InChI is InChI=1S/C8H7ClN2OS/c9-5-1-2-6(8(10)13)7(3-5)11-4-12/h1-4H,(H2,10,13)(H,11,12). The Kier molecular flexibility index (Phi) is 3.22. The van der Waals surface area contributed by atoms with Crippen molar-refractivity contribution in [3.8, 4) is 0 Å². The van der Waals surface area contributed by atoms with Crippen LogP contribution in [0.25, 0.3) is 0 Å². The Morgan fingerprint density at radius 1 is 1.62 bits per heavy atom. The van der Waals surface area contributed by atoms with Crippen molar-refractivity contribution in [2.45, 2.75) is 0 Å². The van der Waals surface area contributed by atoms with Gasteiger partial charge in [0.15, 0.2) is 0 Å². The van der Waals surface area contributed by atoms with Crippen molar-refractivity contribution in [1.29, 1.82) is 0 Å². The van der Waals surface area contributed by atoms with Crippen molar-refractivity contribution < 1.29 is 4.79 Å². The Morgan fingerprint density at radius 2 is 2.31 bits per heavy atom. The molecule has 0 saturated carbocycles. The molecule has 0 aliphatic carbocycles. The molecule has 0 unspecified atom stereocenters. The van der Waals surface area contributed by atoms with Crippen molar-refractivity contribution in [2.24, 2.45) is 5.73 Å². The van der Waals surface area contributed by atoms with Crippen LogP contribution in [0.3, 0.4) is 0 Å². The first-order valence-electron chi connectivity index (χ1n) is 3.44. The van der Waals surface area contributed by atoms with Crippen molar-refractivity contribution in [1.82, 2.24) is 0 Å². The Labute approximate surface area is 85.9 Å². The highest BCUT2D eigenvalue weighted by Gasteiger charge is 2.04. The molecule has 68 valence electrons. The number of nitrogens with two attached hydrogens (primary N) is 1. The van der Waals surface area contributed by atoms with E-state index >= 15 is 0 Å². The number of carbonyl (C=O) groups is 1. The number of nitrogens with one attached hydrogen (secondary N) is 1. The summed E-state index contributed by atoms with van der Waals surface area (Å²) in [6.07, 6.45) is 0.549. The monoisotopic (exact) mass is 214 g/mol. The van der Waals surface area contributed by atoms with Gasteiger partial charge in [0, 0.05) is 10.6 Å². The summed E-state index contributed by atoms with van der Waals surface area (Å²) in [5, 5.41) is 2.98. The summed E-state index contributed by atoms with van der Waals surface area (Å²) in [5.41, 5.74) is 6.55. The number of hydrogen-bond donors (Lipinski definition) is 2. The molecule has 0 spiro atoms. The minimum atomic E-state index is 0.223. The Balaban J connectivity index is 3.17. The van der Waals surface area contributed by atoms with Crippen molar-refractivity contribution in [3.63, 3.8) is 0 Å². The van der Waals surface area contributed by atoms with Crippen LogP contribution in [0.5, 0.6) is 0 Å². The van der Waals surface area contributed by atoms with E-state index in [-0.39, 0.29) is 4.99 Å². The minimum Gasteiger partial charge on any atom is -0.389 e. The third-order valence-corrected chi connectivity index (χ3v) is 1.92. The maximum absolute atomic E-state index is 10.2. The molecule has 0 bridgehead atoms. The zero-order valence-electron chi connectivity index (χ0n) is 6.58. The van der Waals surface area contributed by atoms with E-state index in [2.05, 4.69) is 5.32 Å². The summed E-state index contributed by atoms with van der Waals surface area (Å²) >= 11 is 10.5. The second kappa shape index (κ2) is 4.20. The van der Waals surface area contributed by atoms with Gasteiger partial charge in [0.25, 0.3) is 0 Å². The molecule has 0 aromatic heterocycles. The van der Waals surface area contributed by atoms with E-state index in [9.17, 15) is 4.79 Å². The largest absolute Gasteiger partial charge is 0.389 e. The number of halogens is 1. The number of thiocarbonyl (C=S) groups is 1. The molecule has 0 radical (unpaired) electrons. The van der Waals surface area contributed by atoms with Crippen LogP contribution in [0.15, 0.2) is 18.2 Å². The zero-order valence-corrected chi connectivity index (χ0v) is 8.15. The number of amides is 1. The molecule has 1 aromatic carbocycles. The van der Waals surface area contributed by atoms with E-state index < -0.39 is 0 Å². The van der Waals surface area contributed by atoms with Crippen LogP contribution in [0.4, 0.5) is 5.69 Å². The molecule has 1 aromatic rings. The third-order valence-electron chi connectivity index (χ3n) is 1.46. The first-order valence-corrected chi connectivity index (χ1v) is 4.23. The van der Waals surface area contributed by atoms with Gasteiger partial charge in [-0.3, -0.25) is 4.79 Å². The number of benzene rings is 1. The summed E-state index contributed by atoms with van der Waals surface area (Å²) in [7, 11) is 0. The van der Waals surface area contributed by atoms with E-state index in [0.29, 0.717) is 22.7 Å². The second-order valence-electron chi connectivity index (χ2n) is 2.32. The SMILES string of the molecule is NC(=S)c1ccc(Cl)cc1NC=O. The number of hydrogen-bond acceptors (Lipinski definition) is 2. The van der Waals surface area contributed by atoms with Crippen LogP contribution in [-0.2, 0) is 4.79 Å². The lowest BCUT2D eigenvalue weighted by Crippen LogP contribution is -2.12. The van der Waals surface area contributed by atoms with E-state index in [1.807, 2.05) is 0 Å². The molecule has 5 heteroatoms. The molecule has 1 rings (SSSR count). The highest BCUT2D eigenvalue weighted by atomic mass is 35.5. The van der Waals surface area contributed by atoms with Crippen LogP contribution in [0, 0.1) is 0 Å². The molecule has 13 heavy (non-hydrogen) atoms. The summed E-state index contributed by atoms with van der Waals surface area (Å²) in [5.74, 6) is 0. The predicted molar refractivity (Wildman–Crippen MR) is 57.0 cm³/mol. The van der Waals surface area contributed by atoms with Gasteiger partial charge in [0.2, 0.25) is 6.41 Å². The lowest BCUT2D eigenvalue weighted by molar-refractivity contribution is -0.105. The molecular weight excluding hydrogens is 208 g/mol. The molecule has 3 nitrogen and oxygen atoms in total. The van der Waals surface area contributed by atoms with Gasteiger partial charge in [-0.05, 0) is 18.2 Å². The summed E-state index contributed by atoms with van der Waals surface area (Å²) in [4.78, 5) is 10.4. The molecule has 0 aliphatic rings. The van der Waals surface area contributed by atoms with Gasteiger partial charge in [-0.1, -0.05) is 23.8 Å². The van der Waals surface area contributed by atoms with E-state index in [1.165, 1.54) is 0 Å². The van der Waals surface area contributed by atoms with E-state index in [4.69, 9.17) is 29.6 Å². The maximum atomic E-state index is 10.2. The number of carbonyl (C=O) groups excluding carboxylic acids is 1. The Bertz CT molecular complexity index is 354. The molecule has 0 heterocycles. The Hall–Kier alpha value is -1.13. The van der Waals surface area contributed by atoms with Crippen molar-refractivity contribution in [3.05, 3.63) is 28.8 Å². The average molecular weight is 215 g/mol. The summed E-state index contributed by atoms with van der Waals surface area (Å²) < 4.78 is 0. The average Bonchev–Trinajstić information content (AvgIpc) is 2.04. The molecule has 0 fully saturated rings. The lowest BCUT2D eigenvalue weighted by atomic mass is 10.2. The normalized spacial score (nSPS) is 9.31. The first kappa shape index (κ1) is 9.95. The highest BCUT2D eigenvalue weighted by Crippen LogP contribution is 2.20. The third kappa shape index (κ3) is 2.40. The fourth-order valence-corrected chi connectivity index (χ4v) is 1.26. The van der Waals surface area contributed by atoms with Crippen molar-refractivity contribution in [2.75, 3.05) is 5.32 Å². The van der Waals surface area contributed by atoms with Gasteiger partial charge >= 0.3 is 0 Å². The van der Waals surface area contributed by atoms with Gasteiger partial charge in [-0.15, -0.1) is 0 Å². The number of rotatable bonds is 3.